The van der Waals surface area contributed by atoms with Gasteiger partial charge in [-0.2, -0.15) is 11.8 Å². The third-order valence-corrected chi connectivity index (χ3v) is 4.98. The van der Waals surface area contributed by atoms with Crippen LogP contribution in [0.2, 0.25) is 0 Å². The van der Waals surface area contributed by atoms with E-state index in [9.17, 15) is 4.79 Å². The standard InChI is InChI=1S/C12H22N2O2S/c1-17-12(4-5-12)9-13-8-11(15)14-10-2-6-16-7-3-10/h10,13H,2-9H2,1H3,(H,14,15). The monoisotopic (exact) mass is 258 g/mol. The van der Waals surface area contributed by atoms with Crippen LogP contribution >= 0.6 is 11.8 Å². The van der Waals surface area contributed by atoms with Crippen molar-refractivity contribution in [2.75, 3.05) is 32.6 Å². The predicted octanol–water partition coefficient (Wildman–Crippen LogP) is 0.767. The summed E-state index contributed by atoms with van der Waals surface area (Å²) in [6.45, 7) is 2.94. The van der Waals surface area contributed by atoms with Crippen molar-refractivity contribution >= 4 is 17.7 Å². The molecule has 1 aliphatic heterocycles. The molecule has 0 aromatic heterocycles. The smallest absolute Gasteiger partial charge is 0.234 e. The molecule has 1 saturated heterocycles. The molecule has 98 valence electrons. The van der Waals surface area contributed by atoms with Crippen LogP contribution in [0.3, 0.4) is 0 Å². The van der Waals surface area contributed by atoms with E-state index in [1.54, 1.807) is 0 Å². The number of carbonyl (C=O) groups excluding carboxylic acids is 1. The van der Waals surface area contributed by atoms with Crippen LogP contribution in [0.15, 0.2) is 0 Å². The zero-order chi connectivity index (χ0) is 12.1. The van der Waals surface area contributed by atoms with Crippen molar-refractivity contribution in [3.63, 3.8) is 0 Å². The van der Waals surface area contributed by atoms with Gasteiger partial charge in [-0.3, -0.25) is 4.79 Å². The summed E-state index contributed by atoms with van der Waals surface area (Å²) < 4.78 is 5.69. The molecule has 0 atom stereocenters. The molecular weight excluding hydrogens is 236 g/mol. The Bertz CT molecular complexity index is 263. The van der Waals surface area contributed by atoms with Crippen LogP contribution < -0.4 is 10.6 Å². The number of ether oxygens (including phenoxy) is 1. The topological polar surface area (TPSA) is 50.4 Å². The summed E-state index contributed by atoms with van der Waals surface area (Å²) in [5.74, 6) is 0.119. The van der Waals surface area contributed by atoms with E-state index in [1.807, 2.05) is 11.8 Å². The van der Waals surface area contributed by atoms with Crippen LogP contribution in [0.1, 0.15) is 25.7 Å². The van der Waals surface area contributed by atoms with Gasteiger partial charge in [-0.15, -0.1) is 0 Å². The van der Waals surface area contributed by atoms with Crippen molar-refractivity contribution in [1.29, 1.82) is 0 Å². The average molecular weight is 258 g/mol. The number of amides is 1. The Morgan fingerprint density at radius 3 is 2.71 bits per heavy atom. The number of hydrogen-bond donors (Lipinski definition) is 2. The molecule has 17 heavy (non-hydrogen) atoms. The molecule has 0 bridgehead atoms. The van der Waals surface area contributed by atoms with Crippen LogP contribution in [0.25, 0.3) is 0 Å². The lowest BCUT2D eigenvalue weighted by molar-refractivity contribution is -0.121. The van der Waals surface area contributed by atoms with Gasteiger partial charge in [0.1, 0.15) is 0 Å². The van der Waals surface area contributed by atoms with Gasteiger partial charge in [0.15, 0.2) is 0 Å². The first-order chi connectivity index (χ1) is 8.24. The minimum atomic E-state index is 0.119. The van der Waals surface area contributed by atoms with Crippen LogP contribution in [0.4, 0.5) is 0 Å². The average Bonchev–Trinajstić information content (AvgIpc) is 3.11. The highest BCUT2D eigenvalue weighted by atomic mass is 32.2. The highest BCUT2D eigenvalue weighted by Crippen LogP contribution is 2.46. The van der Waals surface area contributed by atoms with Gasteiger partial charge in [-0.1, -0.05) is 0 Å². The molecule has 2 N–H and O–H groups in total. The number of thioether (sulfide) groups is 1. The summed E-state index contributed by atoms with van der Waals surface area (Å²) in [6.07, 6.45) is 6.60. The summed E-state index contributed by atoms with van der Waals surface area (Å²) >= 11 is 1.91. The summed E-state index contributed by atoms with van der Waals surface area (Å²) in [6, 6.07) is 0.313. The van der Waals surface area contributed by atoms with Crippen molar-refractivity contribution in [3.05, 3.63) is 0 Å². The maximum Gasteiger partial charge on any atom is 0.234 e. The third kappa shape index (κ3) is 4.16. The van der Waals surface area contributed by atoms with Gasteiger partial charge < -0.3 is 15.4 Å². The fraction of sp³-hybridized carbons (Fsp3) is 0.917. The Balaban J connectivity index is 1.57. The Hall–Kier alpha value is -0.260. The largest absolute Gasteiger partial charge is 0.381 e. The summed E-state index contributed by atoms with van der Waals surface area (Å²) in [7, 11) is 0. The molecular formula is C12H22N2O2S. The Labute approximate surface area is 107 Å². The lowest BCUT2D eigenvalue weighted by Crippen LogP contribution is -2.44. The minimum absolute atomic E-state index is 0.119. The third-order valence-electron chi connectivity index (χ3n) is 3.56. The molecule has 0 spiro atoms. The quantitative estimate of drug-likeness (QED) is 0.739. The number of nitrogens with one attached hydrogen (secondary N) is 2. The molecule has 2 fully saturated rings. The zero-order valence-corrected chi connectivity index (χ0v) is 11.3. The molecule has 1 heterocycles. The molecule has 5 heteroatoms. The molecule has 0 unspecified atom stereocenters. The summed E-state index contributed by atoms with van der Waals surface area (Å²) in [5.41, 5.74) is 0. The van der Waals surface area contributed by atoms with Crippen molar-refractivity contribution in [3.8, 4) is 0 Å². The van der Waals surface area contributed by atoms with E-state index < -0.39 is 0 Å². The first kappa shape index (κ1) is 13.2. The van der Waals surface area contributed by atoms with Gasteiger partial charge in [-0.05, 0) is 31.9 Å². The lowest BCUT2D eigenvalue weighted by atomic mass is 10.1. The van der Waals surface area contributed by atoms with E-state index in [0.717, 1.165) is 32.6 Å². The highest BCUT2D eigenvalue weighted by molar-refractivity contribution is 8.00. The molecule has 4 nitrogen and oxygen atoms in total. The molecule has 0 radical (unpaired) electrons. The number of hydrogen-bond acceptors (Lipinski definition) is 4. The first-order valence-corrected chi connectivity index (χ1v) is 7.60. The maximum atomic E-state index is 11.7. The summed E-state index contributed by atoms with van der Waals surface area (Å²) in [5, 5.41) is 6.32. The second-order valence-electron chi connectivity index (χ2n) is 4.94. The van der Waals surface area contributed by atoms with Crippen LogP contribution in [0, 0.1) is 0 Å². The highest BCUT2D eigenvalue weighted by Gasteiger charge is 2.41. The minimum Gasteiger partial charge on any atom is -0.381 e. The first-order valence-electron chi connectivity index (χ1n) is 6.37. The fourth-order valence-electron chi connectivity index (χ4n) is 2.12. The lowest BCUT2D eigenvalue weighted by Gasteiger charge is -2.23. The van der Waals surface area contributed by atoms with Crippen LogP contribution in [0.5, 0.6) is 0 Å². The number of rotatable bonds is 6. The van der Waals surface area contributed by atoms with Crippen LogP contribution in [-0.4, -0.2) is 49.3 Å². The molecule has 1 aliphatic carbocycles. The van der Waals surface area contributed by atoms with E-state index in [1.165, 1.54) is 12.8 Å². The van der Waals surface area contributed by atoms with E-state index in [4.69, 9.17) is 4.74 Å². The van der Waals surface area contributed by atoms with Crippen molar-refractivity contribution in [2.45, 2.75) is 36.5 Å². The van der Waals surface area contributed by atoms with E-state index in [2.05, 4.69) is 16.9 Å². The fourth-order valence-corrected chi connectivity index (χ4v) is 2.87. The van der Waals surface area contributed by atoms with Crippen LogP contribution in [-0.2, 0) is 9.53 Å². The Kier molecular flexibility index (Phi) is 4.70. The van der Waals surface area contributed by atoms with Gasteiger partial charge in [0.2, 0.25) is 5.91 Å². The van der Waals surface area contributed by atoms with Gasteiger partial charge >= 0.3 is 0 Å². The molecule has 1 saturated carbocycles. The van der Waals surface area contributed by atoms with Crippen molar-refractivity contribution < 1.29 is 9.53 Å². The van der Waals surface area contributed by atoms with Crippen molar-refractivity contribution in [1.82, 2.24) is 10.6 Å². The Morgan fingerprint density at radius 1 is 1.41 bits per heavy atom. The van der Waals surface area contributed by atoms with Crippen molar-refractivity contribution in [2.24, 2.45) is 0 Å². The second kappa shape index (κ2) is 6.07. The molecule has 0 aromatic carbocycles. The molecule has 2 rings (SSSR count). The van der Waals surface area contributed by atoms with Gasteiger partial charge in [0.25, 0.3) is 0 Å². The number of carbonyl (C=O) groups is 1. The van der Waals surface area contributed by atoms with Gasteiger partial charge in [0, 0.05) is 30.5 Å². The molecule has 2 aliphatic rings. The van der Waals surface area contributed by atoms with E-state index >= 15 is 0 Å². The molecule has 1 amide bonds. The normalized spacial score (nSPS) is 23.4. The zero-order valence-electron chi connectivity index (χ0n) is 10.5. The SMILES string of the molecule is CSC1(CNCC(=O)NC2CCOCC2)CC1. The van der Waals surface area contributed by atoms with Gasteiger partial charge in [0.05, 0.1) is 6.54 Å². The predicted molar refractivity (Wildman–Crippen MR) is 70.3 cm³/mol. The van der Waals surface area contributed by atoms with E-state index in [-0.39, 0.29) is 5.91 Å². The van der Waals surface area contributed by atoms with Gasteiger partial charge in [-0.25, -0.2) is 0 Å². The molecule has 0 aromatic rings. The Morgan fingerprint density at radius 2 is 2.12 bits per heavy atom. The summed E-state index contributed by atoms with van der Waals surface area (Å²) in [4.78, 5) is 11.7. The maximum absolute atomic E-state index is 11.7. The second-order valence-corrected chi connectivity index (χ2v) is 6.22. The van der Waals surface area contributed by atoms with E-state index in [0.29, 0.717) is 17.3 Å².